The van der Waals surface area contributed by atoms with E-state index in [2.05, 4.69) is 25.6 Å². The predicted molar refractivity (Wildman–Crippen MR) is 96.0 cm³/mol. The number of hydrogen-bond acceptors (Lipinski definition) is 6. The number of carbonyl (C=O) groups is 1. The lowest BCUT2D eigenvalue weighted by Gasteiger charge is -2.21. The highest BCUT2D eigenvalue weighted by Gasteiger charge is 2.32. The van der Waals surface area contributed by atoms with E-state index in [1.54, 1.807) is 7.05 Å². The van der Waals surface area contributed by atoms with Crippen molar-refractivity contribution >= 4 is 22.8 Å². The van der Waals surface area contributed by atoms with Gasteiger partial charge in [-0.2, -0.15) is 13.2 Å². The highest BCUT2D eigenvalue weighted by Crippen LogP contribution is 2.32. The first-order valence-corrected chi connectivity index (χ1v) is 8.32. The predicted octanol–water partition coefficient (Wildman–Crippen LogP) is 3.25. The maximum absolute atomic E-state index is 13.8. The maximum atomic E-state index is 13.8. The number of fused-ring (bicyclic) bond motifs is 1. The second kappa shape index (κ2) is 7.95. The molecule has 0 saturated heterocycles. The van der Waals surface area contributed by atoms with Gasteiger partial charge in [-0.25, -0.2) is 19.2 Å². The van der Waals surface area contributed by atoms with Crippen LogP contribution in [0.25, 0.3) is 11.0 Å². The number of anilines is 1. The number of alkyl halides is 3. The maximum Gasteiger partial charge on any atom is 0.416 e. The van der Waals surface area contributed by atoms with Crippen molar-refractivity contribution in [1.82, 2.24) is 20.3 Å². The number of halogens is 4. The molecule has 0 aliphatic carbocycles. The third kappa shape index (κ3) is 4.40. The van der Waals surface area contributed by atoms with E-state index in [0.717, 1.165) is 18.5 Å². The van der Waals surface area contributed by atoms with Crippen molar-refractivity contribution < 1.29 is 27.5 Å². The molecule has 1 atom stereocenters. The molecule has 0 aliphatic heterocycles. The summed E-state index contributed by atoms with van der Waals surface area (Å²) in [4.78, 5) is 23.4. The Balaban J connectivity index is 2.06. The molecule has 0 radical (unpaired) electrons. The zero-order valence-electron chi connectivity index (χ0n) is 15.0. The molecule has 0 bridgehead atoms. The van der Waals surface area contributed by atoms with Crippen molar-refractivity contribution in [2.45, 2.75) is 12.2 Å². The van der Waals surface area contributed by atoms with Crippen molar-refractivity contribution in [2.75, 3.05) is 18.9 Å². The molecule has 29 heavy (non-hydrogen) atoms. The highest BCUT2D eigenvalue weighted by molar-refractivity contribution is 6.02. The molecule has 7 nitrogen and oxygen atoms in total. The third-order valence-corrected chi connectivity index (χ3v) is 4.12. The number of carboxylic acid groups (broad SMARTS) is 1. The van der Waals surface area contributed by atoms with Gasteiger partial charge in [-0.15, -0.1) is 0 Å². The molecule has 0 amide bonds. The van der Waals surface area contributed by atoms with Gasteiger partial charge in [0.2, 0.25) is 0 Å². The van der Waals surface area contributed by atoms with Crippen LogP contribution in [0.15, 0.2) is 36.8 Å². The number of hydrogen-bond donors (Lipinski definition) is 3. The van der Waals surface area contributed by atoms with E-state index in [9.17, 15) is 27.5 Å². The van der Waals surface area contributed by atoms with Crippen LogP contribution in [0.3, 0.4) is 0 Å². The fourth-order valence-electron chi connectivity index (χ4n) is 2.84. The SMILES string of the molecule is CNC[C@@H](Nc1ncnc2c(C(=O)O)ccnc12)c1cc(F)cc(C(F)(F)F)c1. The number of nitrogens with one attached hydrogen (secondary N) is 2. The van der Waals surface area contributed by atoms with Crippen LogP contribution in [0, 0.1) is 5.82 Å². The fourth-order valence-corrected chi connectivity index (χ4v) is 2.84. The second-order valence-electron chi connectivity index (χ2n) is 6.11. The van der Waals surface area contributed by atoms with Gasteiger partial charge in [0.05, 0.1) is 17.2 Å². The third-order valence-electron chi connectivity index (χ3n) is 4.12. The normalized spacial score (nSPS) is 12.7. The molecule has 0 saturated carbocycles. The molecule has 0 fully saturated rings. The van der Waals surface area contributed by atoms with Crippen LogP contribution in [-0.2, 0) is 6.18 Å². The molecule has 2 aromatic heterocycles. The smallest absolute Gasteiger partial charge is 0.416 e. The van der Waals surface area contributed by atoms with Crippen molar-refractivity contribution in [3.8, 4) is 0 Å². The van der Waals surface area contributed by atoms with E-state index in [-0.39, 0.29) is 34.5 Å². The van der Waals surface area contributed by atoms with Crippen LogP contribution in [0.2, 0.25) is 0 Å². The van der Waals surface area contributed by atoms with Gasteiger partial charge in [-0.05, 0) is 36.9 Å². The Morgan fingerprint density at radius 1 is 1.17 bits per heavy atom. The van der Waals surface area contributed by atoms with E-state index >= 15 is 0 Å². The summed E-state index contributed by atoms with van der Waals surface area (Å²) in [6.07, 6.45) is -2.33. The number of benzene rings is 1. The largest absolute Gasteiger partial charge is 0.478 e. The van der Waals surface area contributed by atoms with Crippen molar-refractivity contribution in [3.63, 3.8) is 0 Å². The highest BCUT2D eigenvalue weighted by atomic mass is 19.4. The Morgan fingerprint density at radius 2 is 1.93 bits per heavy atom. The lowest BCUT2D eigenvalue weighted by molar-refractivity contribution is -0.137. The minimum absolute atomic E-state index is 0.0350. The minimum atomic E-state index is -4.71. The summed E-state index contributed by atoms with van der Waals surface area (Å²) in [5.41, 5.74) is -0.991. The molecule has 2 heterocycles. The van der Waals surface area contributed by atoms with Gasteiger partial charge in [0.1, 0.15) is 23.2 Å². The van der Waals surface area contributed by atoms with E-state index in [1.807, 2.05) is 0 Å². The van der Waals surface area contributed by atoms with E-state index in [4.69, 9.17) is 0 Å². The second-order valence-corrected chi connectivity index (χ2v) is 6.11. The van der Waals surface area contributed by atoms with Crippen molar-refractivity contribution in [1.29, 1.82) is 0 Å². The molecular formula is C18H15F4N5O2. The van der Waals surface area contributed by atoms with Crippen molar-refractivity contribution in [2.24, 2.45) is 0 Å². The van der Waals surface area contributed by atoms with Crippen molar-refractivity contribution in [3.05, 3.63) is 59.3 Å². The zero-order valence-corrected chi connectivity index (χ0v) is 15.0. The Kier molecular flexibility index (Phi) is 5.59. The van der Waals surface area contributed by atoms with Gasteiger partial charge in [0, 0.05) is 12.7 Å². The standard InChI is InChI=1S/C18H15F4N5O2/c1-23-7-13(9-4-10(18(20,21)22)6-11(19)5-9)27-16-15-14(25-8-26-16)12(17(28)29)2-3-24-15/h2-6,8,13,23H,7H2,1H3,(H,28,29)(H,25,26,27)/t13-/m1/s1. The Morgan fingerprint density at radius 3 is 2.59 bits per heavy atom. The average molecular weight is 409 g/mol. The summed E-state index contributed by atoms with van der Waals surface area (Å²) in [5, 5.41) is 15.0. The average Bonchev–Trinajstić information content (AvgIpc) is 2.66. The minimum Gasteiger partial charge on any atom is -0.478 e. The molecule has 152 valence electrons. The summed E-state index contributed by atoms with van der Waals surface area (Å²) in [7, 11) is 1.58. The molecular weight excluding hydrogens is 394 g/mol. The van der Waals surface area contributed by atoms with Crippen LogP contribution in [0.5, 0.6) is 0 Å². The number of aromatic carboxylic acids is 1. The van der Waals surface area contributed by atoms with Gasteiger partial charge >= 0.3 is 12.1 Å². The fraction of sp³-hybridized carbons (Fsp3) is 0.222. The van der Waals surface area contributed by atoms with E-state index < -0.39 is 29.6 Å². The molecule has 0 aliphatic rings. The number of pyridine rings is 1. The number of rotatable bonds is 6. The summed E-state index contributed by atoms with van der Waals surface area (Å²) in [6.45, 7) is 0.130. The van der Waals surface area contributed by atoms with Gasteiger partial charge < -0.3 is 15.7 Å². The molecule has 0 unspecified atom stereocenters. The first-order valence-electron chi connectivity index (χ1n) is 8.32. The van der Waals surface area contributed by atoms with Crippen LogP contribution in [0.1, 0.15) is 27.5 Å². The van der Waals surface area contributed by atoms with Crippen LogP contribution < -0.4 is 10.6 Å². The first-order chi connectivity index (χ1) is 13.7. The monoisotopic (exact) mass is 409 g/mol. The van der Waals surface area contributed by atoms with Gasteiger partial charge in [0.25, 0.3) is 0 Å². The lowest BCUT2D eigenvalue weighted by atomic mass is 10.0. The molecule has 1 aromatic carbocycles. The molecule has 11 heteroatoms. The van der Waals surface area contributed by atoms with Crippen LogP contribution >= 0.6 is 0 Å². The topological polar surface area (TPSA) is 100 Å². The molecule has 3 N–H and O–H groups in total. The lowest BCUT2D eigenvalue weighted by Crippen LogP contribution is -2.25. The van der Waals surface area contributed by atoms with Crippen LogP contribution in [0.4, 0.5) is 23.4 Å². The summed E-state index contributed by atoms with van der Waals surface area (Å²) >= 11 is 0. The Bertz CT molecular complexity index is 1060. The Hall–Kier alpha value is -3.34. The first kappa shape index (κ1) is 20.4. The van der Waals surface area contributed by atoms with E-state index in [1.165, 1.54) is 12.3 Å². The van der Waals surface area contributed by atoms with Gasteiger partial charge in [0.15, 0.2) is 5.82 Å². The molecule has 3 aromatic rings. The quantitative estimate of drug-likeness (QED) is 0.538. The van der Waals surface area contributed by atoms with Gasteiger partial charge in [-0.1, -0.05) is 0 Å². The number of carboxylic acids is 1. The molecule has 0 spiro atoms. The number of nitrogens with zero attached hydrogens (tertiary/aromatic N) is 3. The number of aromatic nitrogens is 3. The number of likely N-dealkylation sites (N-methyl/N-ethyl adjacent to an activating group) is 1. The summed E-state index contributed by atoms with van der Waals surface area (Å²) < 4.78 is 53.0. The Labute approximate surface area is 161 Å². The molecule has 3 rings (SSSR count). The van der Waals surface area contributed by atoms with E-state index in [0.29, 0.717) is 6.07 Å². The summed E-state index contributed by atoms with van der Waals surface area (Å²) in [6, 6.07) is 2.71. The zero-order chi connectivity index (χ0) is 21.2. The summed E-state index contributed by atoms with van der Waals surface area (Å²) in [5.74, 6) is -2.14. The van der Waals surface area contributed by atoms with Gasteiger partial charge in [-0.3, -0.25) is 4.98 Å². The van der Waals surface area contributed by atoms with Crippen LogP contribution in [-0.4, -0.2) is 39.6 Å².